The van der Waals surface area contributed by atoms with E-state index < -0.39 is 5.97 Å². The fourth-order valence-electron chi connectivity index (χ4n) is 2.66. The molecule has 1 heterocycles. The van der Waals surface area contributed by atoms with Crippen molar-refractivity contribution in [3.8, 4) is 18.1 Å². The molecule has 142 valence electrons. The lowest BCUT2D eigenvalue weighted by molar-refractivity contribution is 0.0601. The Balaban J connectivity index is 2.04. The SMILES string of the molecule is C#CCn1c(=NC(=O)c2ccc(OCC)cc2)sc2cc(C(=O)OC)ccc21. The van der Waals surface area contributed by atoms with Crippen LogP contribution in [0.5, 0.6) is 5.75 Å². The number of hydrogen-bond acceptors (Lipinski definition) is 5. The number of ether oxygens (including phenoxy) is 2. The third kappa shape index (κ3) is 3.97. The molecule has 1 amide bonds. The van der Waals surface area contributed by atoms with Crippen LogP contribution in [-0.2, 0) is 11.3 Å². The van der Waals surface area contributed by atoms with Crippen LogP contribution in [0.1, 0.15) is 27.6 Å². The number of amides is 1. The van der Waals surface area contributed by atoms with Crippen molar-refractivity contribution in [2.24, 2.45) is 4.99 Å². The van der Waals surface area contributed by atoms with Crippen LogP contribution in [0, 0.1) is 12.3 Å². The highest BCUT2D eigenvalue weighted by molar-refractivity contribution is 7.16. The van der Waals surface area contributed by atoms with Crippen molar-refractivity contribution in [2.45, 2.75) is 13.5 Å². The van der Waals surface area contributed by atoms with Crippen molar-refractivity contribution in [2.75, 3.05) is 13.7 Å². The van der Waals surface area contributed by atoms with E-state index in [1.807, 2.05) is 6.92 Å². The molecule has 7 heteroatoms. The molecule has 6 nitrogen and oxygen atoms in total. The molecular weight excluding hydrogens is 376 g/mol. The Hall–Kier alpha value is -3.37. The summed E-state index contributed by atoms with van der Waals surface area (Å²) in [5, 5.41) is 0. The van der Waals surface area contributed by atoms with Crippen molar-refractivity contribution in [3.05, 3.63) is 58.4 Å². The molecule has 0 saturated heterocycles. The molecule has 28 heavy (non-hydrogen) atoms. The van der Waals surface area contributed by atoms with Crippen LogP contribution in [0.15, 0.2) is 47.5 Å². The van der Waals surface area contributed by atoms with Gasteiger partial charge in [0.2, 0.25) is 0 Å². The van der Waals surface area contributed by atoms with Gasteiger partial charge >= 0.3 is 5.97 Å². The predicted octanol–water partition coefficient (Wildman–Crippen LogP) is 3.26. The minimum absolute atomic E-state index is 0.257. The fraction of sp³-hybridized carbons (Fsp3) is 0.190. The molecule has 0 aliphatic carbocycles. The Labute approximate surface area is 166 Å². The minimum atomic E-state index is -0.428. The number of hydrogen-bond donors (Lipinski definition) is 0. The van der Waals surface area contributed by atoms with Gasteiger partial charge in [0.1, 0.15) is 5.75 Å². The van der Waals surface area contributed by atoms with Crippen LogP contribution in [-0.4, -0.2) is 30.2 Å². The maximum absolute atomic E-state index is 12.6. The monoisotopic (exact) mass is 394 g/mol. The molecule has 0 aliphatic heterocycles. The van der Waals surface area contributed by atoms with E-state index in [1.54, 1.807) is 47.0 Å². The van der Waals surface area contributed by atoms with Gasteiger partial charge in [-0.3, -0.25) is 4.79 Å². The average Bonchev–Trinajstić information content (AvgIpc) is 3.04. The zero-order valence-corrected chi connectivity index (χ0v) is 16.3. The number of thiazole rings is 1. The quantitative estimate of drug-likeness (QED) is 0.492. The van der Waals surface area contributed by atoms with E-state index in [0.717, 1.165) is 10.2 Å². The second-order valence-corrected chi connectivity index (χ2v) is 6.73. The number of terminal acetylenes is 1. The third-order valence-corrected chi connectivity index (χ3v) is 5.00. The number of carbonyl (C=O) groups excluding carboxylic acids is 2. The van der Waals surface area contributed by atoms with E-state index in [2.05, 4.69) is 10.9 Å². The first-order chi connectivity index (χ1) is 13.6. The number of nitrogens with zero attached hydrogens (tertiary/aromatic N) is 2. The maximum Gasteiger partial charge on any atom is 0.337 e. The molecule has 0 N–H and O–H groups in total. The lowest BCUT2D eigenvalue weighted by Crippen LogP contribution is -2.16. The molecular formula is C21H18N2O4S. The summed E-state index contributed by atoms with van der Waals surface area (Å²) in [6, 6.07) is 11.9. The highest BCUT2D eigenvalue weighted by atomic mass is 32.1. The Bertz CT molecular complexity index is 1130. The van der Waals surface area contributed by atoms with Crippen LogP contribution in [0.3, 0.4) is 0 Å². The van der Waals surface area contributed by atoms with Crippen LogP contribution in [0.25, 0.3) is 10.2 Å². The number of aromatic nitrogens is 1. The average molecular weight is 394 g/mol. The summed E-state index contributed by atoms with van der Waals surface area (Å²) in [5.41, 5.74) is 1.67. The van der Waals surface area contributed by atoms with Gasteiger partial charge in [0.25, 0.3) is 5.91 Å². The maximum atomic E-state index is 12.6. The summed E-state index contributed by atoms with van der Waals surface area (Å²) >= 11 is 1.29. The first-order valence-electron chi connectivity index (χ1n) is 8.54. The van der Waals surface area contributed by atoms with Gasteiger partial charge in [0.05, 0.1) is 36.0 Å². The molecule has 2 aromatic carbocycles. The minimum Gasteiger partial charge on any atom is -0.494 e. The first kappa shape index (κ1) is 19.4. The van der Waals surface area contributed by atoms with Crippen LogP contribution in [0.2, 0.25) is 0 Å². The lowest BCUT2D eigenvalue weighted by atomic mass is 10.2. The summed E-state index contributed by atoms with van der Waals surface area (Å²) in [7, 11) is 1.33. The molecule has 3 rings (SSSR count). The highest BCUT2D eigenvalue weighted by Crippen LogP contribution is 2.20. The standard InChI is InChI=1S/C21H18N2O4S/c1-4-12-23-17-11-8-15(20(25)26-3)13-18(17)28-21(23)22-19(24)14-6-9-16(10-7-14)27-5-2/h1,6-11,13H,5,12H2,2-3H3. The molecule has 0 atom stereocenters. The van der Waals surface area contributed by atoms with E-state index >= 15 is 0 Å². The van der Waals surface area contributed by atoms with Crippen molar-refractivity contribution < 1.29 is 19.1 Å². The van der Waals surface area contributed by atoms with Crippen molar-refractivity contribution in [1.82, 2.24) is 4.57 Å². The van der Waals surface area contributed by atoms with Gasteiger partial charge < -0.3 is 14.0 Å². The van der Waals surface area contributed by atoms with Gasteiger partial charge in [-0.1, -0.05) is 17.3 Å². The molecule has 0 unspecified atom stereocenters. The van der Waals surface area contributed by atoms with Crippen LogP contribution < -0.4 is 9.54 Å². The van der Waals surface area contributed by atoms with E-state index in [-0.39, 0.29) is 12.5 Å². The van der Waals surface area contributed by atoms with Crippen molar-refractivity contribution in [3.63, 3.8) is 0 Å². The second-order valence-electron chi connectivity index (χ2n) is 5.72. The first-order valence-corrected chi connectivity index (χ1v) is 9.36. The number of esters is 1. The van der Waals surface area contributed by atoms with Crippen LogP contribution >= 0.6 is 11.3 Å². The van der Waals surface area contributed by atoms with Gasteiger partial charge in [-0.05, 0) is 49.4 Å². The zero-order chi connectivity index (χ0) is 20.1. The normalized spacial score (nSPS) is 11.2. The molecule has 0 aliphatic rings. The fourth-order valence-corrected chi connectivity index (χ4v) is 3.73. The molecule has 1 aromatic heterocycles. The Morgan fingerprint density at radius 1 is 1.18 bits per heavy atom. The summed E-state index contributed by atoms with van der Waals surface area (Å²) in [4.78, 5) is 29.1. The van der Waals surface area contributed by atoms with Gasteiger partial charge in [-0.15, -0.1) is 6.42 Å². The second kappa shape index (κ2) is 8.55. The van der Waals surface area contributed by atoms with E-state index in [4.69, 9.17) is 15.9 Å². The van der Waals surface area contributed by atoms with Gasteiger partial charge in [0.15, 0.2) is 4.80 Å². The molecule has 0 fully saturated rings. The molecule has 3 aromatic rings. The van der Waals surface area contributed by atoms with Gasteiger partial charge in [-0.2, -0.15) is 4.99 Å². The summed E-state index contributed by atoms with van der Waals surface area (Å²) in [6.07, 6.45) is 5.49. The molecule has 0 saturated carbocycles. The smallest absolute Gasteiger partial charge is 0.337 e. The van der Waals surface area contributed by atoms with E-state index in [0.29, 0.717) is 28.3 Å². The number of methoxy groups -OCH3 is 1. The topological polar surface area (TPSA) is 69.9 Å². The zero-order valence-electron chi connectivity index (χ0n) is 15.5. The summed E-state index contributed by atoms with van der Waals surface area (Å²) in [5.74, 6) is 2.46. The van der Waals surface area contributed by atoms with Crippen molar-refractivity contribution >= 4 is 33.4 Å². The lowest BCUT2D eigenvalue weighted by Gasteiger charge is -2.03. The van der Waals surface area contributed by atoms with Gasteiger partial charge in [0, 0.05) is 5.56 Å². The summed E-state index contributed by atoms with van der Waals surface area (Å²) < 4.78 is 12.7. The van der Waals surface area contributed by atoms with Crippen molar-refractivity contribution in [1.29, 1.82) is 0 Å². The number of benzene rings is 2. The largest absolute Gasteiger partial charge is 0.494 e. The number of fused-ring (bicyclic) bond motifs is 1. The molecule has 0 spiro atoms. The van der Waals surface area contributed by atoms with E-state index in [9.17, 15) is 9.59 Å². The number of rotatable bonds is 5. The Morgan fingerprint density at radius 2 is 1.89 bits per heavy atom. The highest BCUT2D eigenvalue weighted by Gasteiger charge is 2.12. The van der Waals surface area contributed by atoms with Gasteiger partial charge in [-0.25, -0.2) is 4.79 Å². The molecule has 0 radical (unpaired) electrons. The Kier molecular flexibility index (Phi) is 5.92. The third-order valence-electron chi connectivity index (χ3n) is 3.96. The Morgan fingerprint density at radius 3 is 2.54 bits per heavy atom. The number of carbonyl (C=O) groups is 2. The van der Waals surface area contributed by atoms with Crippen LogP contribution in [0.4, 0.5) is 0 Å². The van der Waals surface area contributed by atoms with E-state index in [1.165, 1.54) is 18.4 Å². The molecule has 0 bridgehead atoms. The predicted molar refractivity (Wildman–Crippen MR) is 107 cm³/mol. The summed E-state index contributed by atoms with van der Waals surface area (Å²) in [6.45, 7) is 2.71.